The molecule has 0 aromatic carbocycles. The molecule has 0 saturated heterocycles. The van der Waals surface area contributed by atoms with Crippen LogP contribution in [0.5, 0.6) is 0 Å². The summed E-state index contributed by atoms with van der Waals surface area (Å²) in [5.41, 5.74) is 0. The average Bonchev–Trinajstić information content (AvgIpc) is 2.90. The van der Waals surface area contributed by atoms with Gasteiger partial charge in [-0.2, -0.15) is 0 Å². The molecule has 1 aromatic rings. The number of rotatable bonds is 6. The number of amides is 1. The molecule has 1 N–H and O–H groups in total. The first kappa shape index (κ1) is 14.2. The molecule has 1 fully saturated rings. The van der Waals surface area contributed by atoms with E-state index in [2.05, 4.69) is 5.32 Å². The molecule has 1 aliphatic carbocycles. The predicted molar refractivity (Wildman–Crippen MR) is 75.8 cm³/mol. The Morgan fingerprint density at radius 2 is 2.21 bits per heavy atom. The second-order valence-electron chi connectivity index (χ2n) is 5.79. The van der Waals surface area contributed by atoms with Gasteiger partial charge in [0.2, 0.25) is 5.91 Å². The second kappa shape index (κ2) is 7.37. The van der Waals surface area contributed by atoms with E-state index in [0.717, 1.165) is 24.5 Å². The van der Waals surface area contributed by atoms with Gasteiger partial charge in [-0.25, -0.2) is 0 Å². The second-order valence-corrected chi connectivity index (χ2v) is 5.79. The molecule has 0 aliphatic heterocycles. The maximum Gasteiger partial charge on any atom is 0.220 e. The van der Waals surface area contributed by atoms with Crippen LogP contribution in [0.3, 0.4) is 0 Å². The van der Waals surface area contributed by atoms with E-state index in [1.54, 1.807) is 6.26 Å². The fourth-order valence-electron chi connectivity index (χ4n) is 2.94. The normalized spacial score (nSPS) is 18.2. The van der Waals surface area contributed by atoms with Crippen LogP contribution in [-0.4, -0.2) is 11.9 Å². The van der Waals surface area contributed by atoms with Crippen LogP contribution in [0.1, 0.15) is 57.6 Å². The van der Waals surface area contributed by atoms with E-state index in [9.17, 15) is 4.79 Å². The zero-order chi connectivity index (χ0) is 13.5. The maximum absolute atomic E-state index is 11.9. The van der Waals surface area contributed by atoms with Gasteiger partial charge in [0, 0.05) is 18.9 Å². The third-order valence-corrected chi connectivity index (χ3v) is 4.00. The first-order valence-electron chi connectivity index (χ1n) is 7.56. The molecular weight excluding hydrogens is 238 g/mol. The van der Waals surface area contributed by atoms with Crippen molar-refractivity contribution in [2.45, 2.75) is 64.3 Å². The fraction of sp³-hybridized carbons (Fsp3) is 0.688. The highest BCUT2D eigenvalue weighted by molar-refractivity contribution is 5.76. The molecule has 1 unspecified atom stereocenters. The zero-order valence-corrected chi connectivity index (χ0v) is 11.9. The molecule has 106 valence electrons. The molecule has 1 atom stereocenters. The maximum atomic E-state index is 11.9. The van der Waals surface area contributed by atoms with Crippen molar-refractivity contribution in [3.63, 3.8) is 0 Å². The molecule has 1 aliphatic rings. The third-order valence-electron chi connectivity index (χ3n) is 4.00. The third kappa shape index (κ3) is 5.09. The van der Waals surface area contributed by atoms with Crippen LogP contribution in [-0.2, 0) is 11.2 Å². The Morgan fingerprint density at radius 3 is 2.89 bits per heavy atom. The van der Waals surface area contributed by atoms with E-state index in [1.165, 1.54) is 32.1 Å². The van der Waals surface area contributed by atoms with E-state index in [4.69, 9.17) is 4.42 Å². The first-order valence-corrected chi connectivity index (χ1v) is 7.56. The number of furan rings is 1. The van der Waals surface area contributed by atoms with Gasteiger partial charge in [-0.05, 0) is 31.4 Å². The highest BCUT2D eigenvalue weighted by Crippen LogP contribution is 2.27. The molecule has 1 amide bonds. The van der Waals surface area contributed by atoms with Crippen molar-refractivity contribution >= 4 is 5.91 Å². The molecule has 0 spiro atoms. The van der Waals surface area contributed by atoms with Gasteiger partial charge < -0.3 is 9.73 Å². The van der Waals surface area contributed by atoms with Crippen LogP contribution < -0.4 is 5.32 Å². The minimum atomic E-state index is 0.144. The van der Waals surface area contributed by atoms with Gasteiger partial charge in [-0.3, -0.25) is 4.79 Å². The van der Waals surface area contributed by atoms with Gasteiger partial charge in [-0.1, -0.05) is 32.1 Å². The van der Waals surface area contributed by atoms with Gasteiger partial charge in [0.05, 0.1) is 6.26 Å². The lowest BCUT2D eigenvalue weighted by Crippen LogP contribution is -2.34. The molecule has 0 radical (unpaired) electrons. The van der Waals surface area contributed by atoms with Crippen molar-refractivity contribution in [1.82, 2.24) is 5.32 Å². The monoisotopic (exact) mass is 263 g/mol. The largest absolute Gasteiger partial charge is 0.469 e. The highest BCUT2D eigenvalue weighted by atomic mass is 16.3. The van der Waals surface area contributed by atoms with Crippen LogP contribution >= 0.6 is 0 Å². The van der Waals surface area contributed by atoms with Crippen LogP contribution in [0.25, 0.3) is 0 Å². The van der Waals surface area contributed by atoms with Crippen molar-refractivity contribution in [1.29, 1.82) is 0 Å². The zero-order valence-electron chi connectivity index (χ0n) is 11.9. The SMILES string of the molecule is CC(Cc1ccco1)NC(=O)CCC1CCCCC1. The lowest BCUT2D eigenvalue weighted by molar-refractivity contribution is -0.122. The summed E-state index contributed by atoms with van der Waals surface area (Å²) >= 11 is 0. The summed E-state index contributed by atoms with van der Waals surface area (Å²) in [4.78, 5) is 11.9. The Labute approximate surface area is 115 Å². The predicted octanol–water partition coefficient (Wildman–Crippen LogP) is 3.69. The lowest BCUT2D eigenvalue weighted by Gasteiger charge is -2.21. The number of hydrogen-bond donors (Lipinski definition) is 1. The molecule has 0 bridgehead atoms. The Hall–Kier alpha value is -1.25. The highest BCUT2D eigenvalue weighted by Gasteiger charge is 2.15. The van der Waals surface area contributed by atoms with Gasteiger partial charge >= 0.3 is 0 Å². The summed E-state index contributed by atoms with van der Waals surface area (Å²) < 4.78 is 5.29. The Bertz CT molecular complexity index is 366. The van der Waals surface area contributed by atoms with Gasteiger partial charge in [0.15, 0.2) is 0 Å². The van der Waals surface area contributed by atoms with Crippen molar-refractivity contribution < 1.29 is 9.21 Å². The molecule has 1 saturated carbocycles. The summed E-state index contributed by atoms with van der Waals surface area (Å²) in [5.74, 6) is 1.89. The van der Waals surface area contributed by atoms with Crippen LogP contribution in [0, 0.1) is 5.92 Å². The Kier molecular flexibility index (Phi) is 5.49. The number of hydrogen-bond acceptors (Lipinski definition) is 2. The van der Waals surface area contributed by atoms with Crippen molar-refractivity contribution in [2.24, 2.45) is 5.92 Å². The Morgan fingerprint density at radius 1 is 1.42 bits per heavy atom. The molecule has 2 rings (SSSR count). The topological polar surface area (TPSA) is 42.2 Å². The molecule has 1 aromatic heterocycles. The first-order chi connectivity index (χ1) is 9.24. The minimum Gasteiger partial charge on any atom is -0.469 e. The summed E-state index contributed by atoms with van der Waals surface area (Å²) in [6.07, 6.45) is 10.9. The van der Waals surface area contributed by atoms with Crippen LogP contribution in [0.2, 0.25) is 0 Å². The quantitative estimate of drug-likeness (QED) is 0.850. The van der Waals surface area contributed by atoms with Crippen molar-refractivity contribution in [3.8, 4) is 0 Å². The van der Waals surface area contributed by atoms with Crippen molar-refractivity contribution in [3.05, 3.63) is 24.2 Å². The smallest absolute Gasteiger partial charge is 0.220 e. The van der Waals surface area contributed by atoms with E-state index in [1.807, 2.05) is 19.1 Å². The van der Waals surface area contributed by atoms with Crippen molar-refractivity contribution in [2.75, 3.05) is 0 Å². The summed E-state index contributed by atoms with van der Waals surface area (Å²) in [6.45, 7) is 2.03. The van der Waals surface area contributed by atoms with E-state index < -0.39 is 0 Å². The van der Waals surface area contributed by atoms with E-state index >= 15 is 0 Å². The van der Waals surface area contributed by atoms with Gasteiger partial charge in [0.25, 0.3) is 0 Å². The number of carbonyl (C=O) groups excluding carboxylic acids is 1. The number of nitrogens with one attached hydrogen (secondary N) is 1. The summed E-state index contributed by atoms with van der Waals surface area (Å²) in [6, 6.07) is 3.97. The fourth-order valence-corrected chi connectivity index (χ4v) is 2.94. The molecule has 3 heteroatoms. The van der Waals surface area contributed by atoms with E-state index in [0.29, 0.717) is 6.42 Å². The molecule has 1 heterocycles. The molecule has 19 heavy (non-hydrogen) atoms. The lowest BCUT2D eigenvalue weighted by atomic mass is 9.86. The number of carbonyl (C=O) groups is 1. The van der Waals surface area contributed by atoms with Crippen LogP contribution in [0.15, 0.2) is 22.8 Å². The van der Waals surface area contributed by atoms with Crippen LogP contribution in [0.4, 0.5) is 0 Å². The summed E-state index contributed by atoms with van der Waals surface area (Å²) in [5, 5.41) is 3.06. The molecule has 3 nitrogen and oxygen atoms in total. The average molecular weight is 263 g/mol. The Balaban J connectivity index is 1.63. The molecular formula is C16H25NO2. The van der Waals surface area contributed by atoms with E-state index in [-0.39, 0.29) is 11.9 Å². The standard InChI is InChI=1S/C16H25NO2/c1-13(12-15-8-5-11-19-15)17-16(18)10-9-14-6-3-2-4-7-14/h5,8,11,13-14H,2-4,6-7,9-10,12H2,1H3,(H,17,18). The van der Waals surface area contributed by atoms with Gasteiger partial charge in [0.1, 0.15) is 5.76 Å². The van der Waals surface area contributed by atoms with Gasteiger partial charge in [-0.15, -0.1) is 0 Å². The minimum absolute atomic E-state index is 0.144. The summed E-state index contributed by atoms with van der Waals surface area (Å²) in [7, 11) is 0.